The van der Waals surface area contributed by atoms with Crippen LogP contribution >= 0.6 is 34.7 Å². The number of carbonyl (C=O) groups is 3. The van der Waals surface area contributed by atoms with Gasteiger partial charge >= 0.3 is 6.03 Å². The monoisotopic (exact) mass is 748 g/mol. The summed E-state index contributed by atoms with van der Waals surface area (Å²) in [5.41, 5.74) is 6.47. The molecule has 0 saturated carbocycles. The lowest BCUT2D eigenvalue weighted by Crippen LogP contribution is -2.43. The van der Waals surface area contributed by atoms with Crippen LogP contribution in [-0.4, -0.2) is 55.0 Å². The quantitative estimate of drug-likeness (QED) is 0.0515. The van der Waals surface area contributed by atoms with E-state index in [1.807, 2.05) is 80.6 Å². The Morgan fingerprint density at radius 1 is 0.882 bits per heavy atom. The summed E-state index contributed by atoms with van der Waals surface area (Å²) in [7, 11) is 0. The van der Waals surface area contributed by atoms with E-state index in [0.29, 0.717) is 65.3 Å². The van der Waals surface area contributed by atoms with E-state index >= 15 is 0 Å². The summed E-state index contributed by atoms with van der Waals surface area (Å²) in [6.07, 6.45) is 1.17. The highest BCUT2D eigenvalue weighted by Gasteiger charge is 2.20. The molecule has 4 rings (SSSR count). The zero-order valence-electron chi connectivity index (χ0n) is 28.9. The second-order valence-electron chi connectivity index (χ2n) is 11.5. The van der Waals surface area contributed by atoms with Gasteiger partial charge in [0.25, 0.3) is 11.8 Å². The standard InChI is InChI=1S/C38H45ClN6O4S2/c1-3-33(43-37(47)35-19-18-31(51-35)23-40-22-28-10-6-5-7-11-28)34(26-50-25-29-12-8-9-13-32(29)39)44-45-38(48)42-21-20-27-14-16-30(17-15-27)49-24-36(46)41-4-2/h5-19,33,40H,3-4,20-26H2,1-2H3,(H,41,46)(H,43,47)(H2,42,45,48)/b44-34+/t33-/m0/s1. The minimum Gasteiger partial charge on any atom is -0.484 e. The van der Waals surface area contributed by atoms with E-state index in [0.717, 1.165) is 22.5 Å². The first-order valence-corrected chi connectivity index (χ1v) is 19.2. The Balaban J connectivity index is 1.31. The van der Waals surface area contributed by atoms with Gasteiger partial charge in [0.15, 0.2) is 6.61 Å². The summed E-state index contributed by atoms with van der Waals surface area (Å²) in [4.78, 5) is 39.4. The Hall–Kier alpha value is -4.36. The van der Waals surface area contributed by atoms with Gasteiger partial charge in [-0.3, -0.25) is 9.59 Å². The number of nitrogens with one attached hydrogen (secondary N) is 5. The van der Waals surface area contributed by atoms with Crippen molar-refractivity contribution < 1.29 is 19.1 Å². The first kappa shape index (κ1) is 39.4. The Morgan fingerprint density at radius 2 is 1.65 bits per heavy atom. The van der Waals surface area contributed by atoms with Crippen LogP contribution in [0.1, 0.15) is 51.5 Å². The smallest absolute Gasteiger partial charge is 0.335 e. The number of hydrazone groups is 1. The number of ether oxygens (including phenoxy) is 1. The molecule has 1 heterocycles. The van der Waals surface area contributed by atoms with E-state index in [-0.39, 0.29) is 18.4 Å². The maximum absolute atomic E-state index is 13.4. The topological polar surface area (TPSA) is 133 Å². The van der Waals surface area contributed by atoms with Gasteiger partial charge in [-0.15, -0.1) is 11.3 Å². The molecule has 4 aromatic rings. The van der Waals surface area contributed by atoms with E-state index in [9.17, 15) is 14.4 Å². The lowest BCUT2D eigenvalue weighted by Gasteiger charge is -2.19. The highest BCUT2D eigenvalue weighted by atomic mass is 35.5. The van der Waals surface area contributed by atoms with Crippen LogP contribution in [0.3, 0.4) is 0 Å². The SMILES string of the molecule is CCNC(=O)COc1ccc(CCNC(=O)N/N=C(\CSCc2ccccc2Cl)[C@H](CC)NC(=O)c2ccc(CNCc3ccccc3)s2)cc1. The third-order valence-corrected chi connectivity index (χ3v) is 10.1. The van der Waals surface area contributed by atoms with Crippen molar-refractivity contribution in [1.29, 1.82) is 0 Å². The van der Waals surface area contributed by atoms with Gasteiger partial charge < -0.3 is 26.0 Å². The Bertz CT molecular complexity index is 1720. The molecule has 1 atom stereocenters. The second kappa shape index (κ2) is 21.8. The summed E-state index contributed by atoms with van der Waals surface area (Å²) in [5.74, 6) is 1.36. The molecule has 4 amide bonds. The number of benzene rings is 3. The number of carbonyl (C=O) groups excluding carboxylic acids is 3. The number of halogens is 1. The van der Waals surface area contributed by atoms with Gasteiger partial charge in [0.2, 0.25) is 0 Å². The fraction of sp³-hybridized carbons (Fsp3) is 0.316. The number of thiophene rings is 1. The maximum atomic E-state index is 13.4. The van der Waals surface area contributed by atoms with Crippen LogP contribution in [0, 0.1) is 0 Å². The molecule has 0 radical (unpaired) electrons. The highest BCUT2D eigenvalue weighted by molar-refractivity contribution is 7.99. The van der Waals surface area contributed by atoms with Crippen molar-refractivity contribution >= 4 is 58.3 Å². The van der Waals surface area contributed by atoms with Gasteiger partial charge in [-0.1, -0.05) is 79.2 Å². The maximum Gasteiger partial charge on any atom is 0.335 e. The number of rotatable bonds is 20. The van der Waals surface area contributed by atoms with Crippen LogP contribution in [-0.2, 0) is 30.1 Å². The van der Waals surface area contributed by atoms with Crippen LogP contribution in [0.4, 0.5) is 4.79 Å². The minimum atomic E-state index is -0.447. The normalized spacial score (nSPS) is 11.8. The van der Waals surface area contributed by atoms with Crippen LogP contribution in [0.15, 0.2) is 96.1 Å². The van der Waals surface area contributed by atoms with Crippen LogP contribution in [0.25, 0.3) is 0 Å². The van der Waals surface area contributed by atoms with Crippen molar-refractivity contribution in [2.45, 2.75) is 51.6 Å². The number of urea groups is 1. The van der Waals surface area contributed by atoms with Crippen LogP contribution < -0.4 is 31.4 Å². The molecule has 0 bridgehead atoms. The number of likely N-dealkylation sites (N-methyl/N-ethyl adjacent to an activating group) is 1. The molecule has 0 unspecified atom stereocenters. The third kappa shape index (κ3) is 14.1. The van der Waals surface area contributed by atoms with Crippen molar-refractivity contribution in [2.24, 2.45) is 5.10 Å². The van der Waals surface area contributed by atoms with Crippen molar-refractivity contribution in [3.8, 4) is 5.75 Å². The summed E-state index contributed by atoms with van der Waals surface area (Å²) in [6, 6.07) is 28.2. The predicted octanol–water partition coefficient (Wildman–Crippen LogP) is 6.55. The molecule has 13 heteroatoms. The molecule has 0 spiro atoms. The fourth-order valence-electron chi connectivity index (χ4n) is 4.89. The molecule has 10 nitrogen and oxygen atoms in total. The van der Waals surface area contributed by atoms with Gasteiger partial charge in [-0.2, -0.15) is 16.9 Å². The molecular formula is C38H45ClN6O4S2. The van der Waals surface area contributed by atoms with Crippen LogP contribution in [0.5, 0.6) is 5.75 Å². The molecule has 0 saturated heterocycles. The summed E-state index contributed by atoms with van der Waals surface area (Å²) >= 11 is 9.44. The molecule has 270 valence electrons. The Kier molecular flexibility index (Phi) is 16.8. The largest absolute Gasteiger partial charge is 0.484 e. The first-order valence-electron chi connectivity index (χ1n) is 16.9. The number of hydrogen-bond donors (Lipinski definition) is 5. The summed E-state index contributed by atoms with van der Waals surface area (Å²) in [6.45, 7) is 6.13. The molecule has 0 aliphatic rings. The Labute approximate surface area is 313 Å². The Morgan fingerprint density at radius 3 is 2.39 bits per heavy atom. The average molecular weight is 749 g/mol. The summed E-state index contributed by atoms with van der Waals surface area (Å²) < 4.78 is 5.49. The molecule has 1 aromatic heterocycles. The van der Waals surface area contributed by atoms with E-state index in [4.69, 9.17) is 16.3 Å². The van der Waals surface area contributed by atoms with Crippen molar-refractivity contribution in [1.82, 2.24) is 26.7 Å². The minimum absolute atomic E-state index is 0.0409. The van der Waals surface area contributed by atoms with Gasteiger partial charge in [0.05, 0.1) is 16.6 Å². The van der Waals surface area contributed by atoms with Crippen molar-refractivity contribution in [3.63, 3.8) is 0 Å². The lowest BCUT2D eigenvalue weighted by molar-refractivity contribution is -0.122. The van der Waals surface area contributed by atoms with E-state index < -0.39 is 12.1 Å². The van der Waals surface area contributed by atoms with E-state index in [1.165, 1.54) is 16.9 Å². The summed E-state index contributed by atoms with van der Waals surface area (Å²) in [5, 5.41) is 17.3. The number of hydrogen-bond acceptors (Lipinski definition) is 8. The molecule has 0 aliphatic heterocycles. The van der Waals surface area contributed by atoms with Gasteiger partial charge in [0, 0.05) is 47.6 Å². The zero-order chi connectivity index (χ0) is 36.3. The highest BCUT2D eigenvalue weighted by Crippen LogP contribution is 2.22. The molecule has 0 fully saturated rings. The molecular weight excluding hydrogens is 704 g/mol. The van der Waals surface area contributed by atoms with Gasteiger partial charge in [0.1, 0.15) is 5.75 Å². The van der Waals surface area contributed by atoms with E-state index in [1.54, 1.807) is 23.9 Å². The third-order valence-electron chi connectivity index (χ3n) is 7.61. The van der Waals surface area contributed by atoms with Gasteiger partial charge in [-0.05, 0) is 66.8 Å². The van der Waals surface area contributed by atoms with Gasteiger partial charge in [-0.25, -0.2) is 10.2 Å². The zero-order valence-corrected chi connectivity index (χ0v) is 31.3. The molecule has 5 N–H and O–H groups in total. The van der Waals surface area contributed by atoms with Crippen LogP contribution in [0.2, 0.25) is 5.02 Å². The molecule has 0 aliphatic carbocycles. The molecule has 51 heavy (non-hydrogen) atoms. The second-order valence-corrected chi connectivity index (χ2v) is 14.0. The average Bonchev–Trinajstić information content (AvgIpc) is 3.62. The fourth-order valence-corrected chi connectivity index (χ4v) is 7.11. The number of amides is 4. The van der Waals surface area contributed by atoms with Crippen molar-refractivity contribution in [3.05, 3.63) is 122 Å². The predicted molar refractivity (Wildman–Crippen MR) is 209 cm³/mol. The number of thioether (sulfide) groups is 1. The lowest BCUT2D eigenvalue weighted by atomic mass is 10.1. The first-order chi connectivity index (χ1) is 24.8. The number of nitrogens with zero attached hydrogens (tertiary/aromatic N) is 1. The van der Waals surface area contributed by atoms with E-state index in [2.05, 4.69) is 43.9 Å². The van der Waals surface area contributed by atoms with Crippen molar-refractivity contribution in [2.75, 3.05) is 25.4 Å². The molecule has 3 aromatic carbocycles.